The zero-order valence-corrected chi connectivity index (χ0v) is 14.4. The normalized spacial score (nSPS) is 10.0. The summed E-state index contributed by atoms with van der Waals surface area (Å²) in [5, 5.41) is 10.7. The van der Waals surface area contributed by atoms with Crippen LogP contribution in [0.5, 0.6) is 5.75 Å². The highest BCUT2D eigenvalue weighted by Crippen LogP contribution is 2.28. The first-order chi connectivity index (χ1) is 11.9. The Morgan fingerprint density at radius 3 is 2.52 bits per heavy atom. The van der Waals surface area contributed by atoms with Crippen molar-refractivity contribution in [2.75, 3.05) is 6.61 Å². The van der Waals surface area contributed by atoms with Crippen LogP contribution in [-0.2, 0) is 4.79 Å². The van der Waals surface area contributed by atoms with E-state index in [1.54, 1.807) is 0 Å². The standard InChI is InChI=1S/C16H13BrFN3O4/c1-10(11-2-4-12(18)5-3-11)19-20-16(22)9-25-15-7-6-13(21(23)24)8-14(15)17/h2-8,19H,1,9H2,(H,20,22). The molecule has 0 aliphatic rings. The van der Waals surface area contributed by atoms with Gasteiger partial charge in [0.25, 0.3) is 11.6 Å². The molecular weight excluding hydrogens is 397 g/mol. The molecule has 0 saturated carbocycles. The fraction of sp³-hybridized carbons (Fsp3) is 0.0625. The molecule has 2 aromatic rings. The van der Waals surface area contributed by atoms with Crippen molar-refractivity contribution in [3.63, 3.8) is 0 Å². The van der Waals surface area contributed by atoms with Gasteiger partial charge in [0.05, 0.1) is 15.1 Å². The van der Waals surface area contributed by atoms with Crippen LogP contribution in [0.2, 0.25) is 0 Å². The maximum absolute atomic E-state index is 12.9. The number of nitro benzene ring substituents is 1. The van der Waals surface area contributed by atoms with Crippen LogP contribution < -0.4 is 15.6 Å². The molecule has 0 aliphatic heterocycles. The largest absolute Gasteiger partial charge is 0.483 e. The van der Waals surface area contributed by atoms with E-state index in [0.29, 0.717) is 15.7 Å². The number of hydrogen-bond donors (Lipinski definition) is 2. The van der Waals surface area contributed by atoms with Gasteiger partial charge in [-0.1, -0.05) is 6.58 Å². The van der Waals surface area contributed by atoms with E-state index >= 15 is 0 Å². The number of nitro groups is 1. The molecule has 130 valence electrons. The zero-order valence-electron chi connectivity index (χ0n) is 12.8. The fourth-order valence-corrected chi connectivity index (χ4v) is 2.25. The molecule has 0 bridgehead atoms. The number of nitrogens with zero attached hydrogens (tertiary/aromatic N) is 1. The molecule has 0 saturated heterocycles. The Morgan fingerprint density at radius 1 is 1.24 bits per heavy atom. The first kappa shape index (κ1) is 18.4. The van der Waals surface area contributed by atoms with E-state index in [1.807, 2.05) is 0 Å². The fourth-order valence-electron chi connectivity index (χ4n) is 1.77. The van der Waals surface area contributed by atoms with Crippen molar-refractivity contribution in [2.24, 2.45) is 0 Å². The molecule has 0 heterocycles. The highest BCUT2D eigenvalue weighted by Gasteiger charge is 2.11. The maximum Gasteiger partial charge on any atom is 0.276 e. The van der Waals surface area contributed by atoms with Crippen molar-refractivity contribution < 1.29 is 18.8 Å². The number of halogens is 2. The third-order valence-corrected chi connectivity index (χ3v) is 3.65. The maximum atomic E-state index is 12.9. The minimum atomic E-state index is -0.535. The minimum Gasteiger partial charge on any atom is -0.483 e. The summed E-state index contributed by atoms with van der Waals surface area (Å²) >= 11 is 3.14. The van der Waals surface area contributed by atoms with Crippen LogP contribution in [0.4, 0.5) is 10.1 Å². The van der Waals surface area contributed by atoms with E-state index in [-0.39, 0.29) is 23.9 Å². The molecule has 0 radical (unpaired) electrons. The number of amides is 1. The molecule has 25 heavy (non-hydrogen) atoms. The van der Waals surface area contributed by atoms with Gasteiger partial charge in [-0.3, -0.25) is 25.8 Å². The van der Waals surface area contributed by atoms with Gasteiger partial charge in [-0.15, -0.1) is 0 Å². The molecule has 0 atom stereocenters. The van der Waals surface area contributed by atoms with Gasteiger partial charge in [0.1, 0.15) is 11.6 Å². The summed E-state index contributed by atoms with van der Waals surface area (Å²) in [6.07, 6.45) is 0. The Kier molecular flexibility index (Phi) is 6.07. The number of benzene rings is 2. The Balaban J connectivity index is 1.83. The molecule has 0 aromatic heterocycles. The van der Waals surface area contributed by atoms with E-state index in [4.69, 9.17) is 4.74 Å². The molecule has 9 heteroatoms. The molecule has 2 N–H and O–H groups in total. The van der Waals surface area contributed by atoms with Crippen molar-refractivity contribution in [2.45, 2.75) is 0 Å². The van der Waals surface area contributed by atoms with Crippen LogP contribution in [0, 0.1) is 15.9 Å². The van der Waals surface area contributed by atoms with Gasteiger partial charge >= 0.3 is 0 Å². The molecule has 7 nitrogen and oxygen atoms in total. The number of nitrogens with one attached hydrogen (secondary N) is 2. The quantitative estimate of drug-likeness (QED) is 0.540. The van der Waals surface area contributed by atoms with E-state index in [2.05, 4.69) is 33.4 Å². The van der Waals surface area contributed by atoms with Crippen molar-refractivity contribution in [1.82, 2.24) is 10.9 Å². The second-order valence-electron chi connectivity index (χ2n) is 4.82. The van der Waals surface area contributed by atoms with Crippen molar-refractivity contribution in [3.8, 4) is 5.75 Å². The number of carbonyl (C=O) groups excluding carboxylic acids is 1. The predicted molar refractivity (Wildman–Crippen MR) is 93.0 cm³/mol. The lowest BCUT2D eigenvalue weighted by molar-refractivity contribution is -0.384. The lowest BCUT2D eigenvalue weighted by Crippen LogP contribution is -2.39. The van der Waals surface area contributed by atoms with E-state index in [0.717, 1.165) is 0 Å². The van der Waals surface area contributed by atoms with Crippen LogP contribution in [0.3, 0.4) is 0 Å². The van der Waals surface area contributed by atoms with Gasteiger partial charge in [0.2, 0.25) is 0 Å². The molecule has 2 aromatic carbocycles. The molecule has 2 rings (SSSR count). The van der Waals surface area contributed by atoms with Crippen LogP contribution >= 0.6 is 15.9 Å². The Bertz CT molecular complexity index is 812. The van der Waals surface area contributed by atoms with Crippen LogP contribution in [0.25, 0.3) is 5.70 Å². The molecule has 1 amide bonds. The summed E-state index contributed by atoms with van der Waals surface area (Å²) in [5.41, 5.74) is 5.87. The lowest BCUT2D eigenvalue weighted by atomic mass is 10.2. The third kappa shape index (κ3) is 5.28. The minimum absolute atomic E-state index is 0.0964. The summed E-state index contributed by atoms with van der Waals surface area (Å²) in [5.74, 6) is -0.575. The third-order valence-electron chi connectivity index (χ3n) is 3.03. The van der Waals surface area contributed by atoms with Crippen LogP contribution in [0.15, 0.2) is 53.5 Å². The summed E-state index contributed by atoms with van der Waals surface area (Å²) < 4.78 is 18.5. The number of hydrazine groups is 1. The Morgan fingerprint density at radius 2 is 1.92 bits per heavy atom. The summed E-state index contributed by atoms with van der Waals surface area (Å²) in [4.78, 5) is 21.9. The second-order valence-corrected chi connectivity index (χ2v) is 5.67. The molecular formula is C16H13BrFN3O4. The Hall–Kier alpha value is -2.94. The smallest absolute Gasteiger partial charge is 0.276 e. The van der Waals surface area contributed by atoms with Gasteiger partial charge in [0, 0.05) is 12.1 Å². The molecule has 0 aliphatic carbocycles. The lowest BCUT2D eigenvalue weighted by Gasteiger charge is -2.12. The van der Waals surface area contributed by atoms with E-state index in [9.17, 15) is 19.3 Å². The number of ether oxygens (including phenoxy) is 1. The monoisotopic (exact) mass is 409 g/mol. The first-order valence-electron chi connectivity index (χ1n) is 6.93. The van der Waals surface area contributed by atoms with Gasteiger partial charge in [-0.05, 0) is 51.8 Å². The van der Waals surface area contributed by atoms with Crippen molar-refractivity contribution in [1.29, 1.82) is 0 Å². The van der Waals surface area contributed by atoms with Gasteiger partial charge in [-0.25, -0.2) is 4.39 Å². The Labute approximate surface area is 150 Å². The number of carbonyl (C=O) groups is 1. The summed E-state index contributed by atoms with van der Waals surface area (Å²) in [7, 11) is 0. The van der Waals surface area contributed by atoms with E-state index < -0.39 is 10.8 Å². The molecule has 0 fully saturated rings. The summed E-state index contributed by atoms with van der Waals surface area (Å²) in [6, 6.07) is 9.52. The summed E-state index contributed by atoms with van der Waals surface area (Å²) in [6.45, 7) is 3.41. The number of non-ortho nitro benzene ring substituents is 1. The predicted octanol–water partition coefficient (Wildman–Crippen LogP) is 3.17. The first-order valence-corrected chi connectivity index (χ1v) is 7.72. The average molecular weight is 410 g/mol. The van der Waals surface area contributed by atoms with Crippen LogP contribution in [0.1, 0.15) is 5.56 Å². The number of hydrogen-bond acceptors (Lipinski definition) is 5. The van der Waals surface area contributed by atoms with Gasteiger partial charge in [0.15, 0.2) is 6.61 Å². The van der Waals surface area contributed by atoms with Crippen LogP contribution in [-0.4, -0.2) is 17.4 Å². The highest BCUT2D eigenvalue weighted by atomic mass is 79.9. The van der Waals surface area contributed by atoms with Crippen molar-refractivity contribution in [3.05, 3.63) is 75.0 Å². The molecule has 0 unspecified atom stereocenters. The SMILES string of the molecule is C=C(NNC(=O)COc1ccc([N+](=O)[O-])cc1Br)c1ccc(F)cc1. The molecule has 0 spiro atoms. The topological polar surface area (TPSA) is 93.5 Å². The average Bonchev–Trinajstić information content (AvgIpc) is 2.59. The van der Waals surface area contributed by atoms with Crippen molar-refractivity contribution >= 4 is 33.2 Å². The van der Waals surface area contributed by atoms with Gasteiger partial charge < -0.3 is 4.74 Å². The highest BCUT2D eigenvalue weighted by molar-refractivity contribution is 9.10. The second kappa shape index (κ2) is 8.25. The van der Waals surface area contributed by atoms with Gasteiger partial charge in [-0.2, -0.15) is 0 Å². The zero-order chi connectivity index (χ0) is 18.4. The van der Waals surface area contributed by atoms with E-state index in [1.165, 1.54) is 42.5 Å². The number of rotatable bonds is 7.